The Morgan fingerprint density at radius 1 is 1.06 bits per heavy atom. The van der Waals surface area contributed by atoms with Crippen molar-refractivity contribution in [2.24, 2.45) is 5.10 Å². The van der Waals surface area contributed by atoms with Gasteiger partial charge in [0.05, 0.1) is 12.0 Å². The van der Waals surface area contributed by atoms with Crippen molar-refractivity contribution in [1.82, 2.24) is 25.2 Å². The summed E-state index contributed by atoms with van der Waals surface area (Å²) in [5.41, 5.74) is 6.35. The first kappa shape index (κ1) is 23.6. The number of rotatable bonds is 8. The van der Waals surface area contributed by atoms with E-state index in [-0.39, 0.29) is 11.7 Å². The van der Waals surface area contributed by atoms with E-state index in [1.807, 2.05) is 84.3 Å². The first-order valence-electron chi connectivity index (χ1n) is 10.4. The van der Waals surface area contributed by atoms with Gasteiger partial charge in [-0.25, -0.2) is 5.43 Å². The lowest BCUT2D eigenvalue weighted by Crippen LogP contribution is -2.20. The summed E-state index contributed by atoms with van der Waals surface area (Å²) >= 11 is 4.76. The zero-order valence-corrected chi connectivity index (χ0v) is 20.7. The fraction of sp³-hybridized carbons (Fsp3) is 0.0800. The van der Waals surface area contributed by atoms with Gasteiger partial charge in [0, 0.05) is 28.1 Å². The first-order valence-corrected chi connectivity index (χ1v) is 12.2. The molecule has 2 aromatic carbocycles. The molecule has 0 atom stereocenters. The third kappa shape index (κ3) is 6.27. The monoisotopic (exact) mass is 532 g/mol. The van der Waals surface area contributed by atoms with Crippen LogP contribution in [0.3, 0.4) is 0 Å². The van der Waals surface area contributed by atoms with Crippen molar-refractivity contribution in [3.63, 3.8) is 0 Å². The number of benzene rings is 2. The number of hydrogen-bond donors (Lipinski definition) is 1. The van der Waals surface area contributed by atoms with Crippen LogP contribution in [0, 0.1) is 0 Å². The van der Waals surface area contributed by atoms with E-state index in [0.29, 0.717) is 11.0 Å². The molecule has 2 heterocycles. The minimum atomic E-state index is -0.232. The van der Waals surface area contributed by atoms with Crippen molar-refractivity contribution >= 4 is 45.9 Å². The fourth-order valence-corrected chi connectivity index (χ4v) is 4.10. The van der Waals surface area contributed by atoms with Gasteiger partial charge in [0.15, 0.2) is 11.0 Å². The molecular formula is C25H21BrN6OS. The largest absolute Gasteiger partial charge is 0.272 e. The van der Waals surface area contributed by atoms with Crippen LogP contribution in [-0.2, 0) is 4.79 Å². The maximum Gasteiger partial charge on any atom is 0.250 e. The maximum absolute atomic E-state index is 12.4. The summed E-state index contributed by atoms with van der Waals surface area (Å²) in [6.07, 6.45) is 7.04. The van der Waals surface area contributed by atoms with Crippen LogP contribution in [0.5, 0.6) is 0 Å². The van der Waals surface area contributed by atoms with Gasteiger partial charge in [0.2, 0.25) is 0 Å². The molecule has 9 heteroatoms. The second-order valence-electron chi connectivity index (χ2n) is 7.23. The third-order valence-electron chi connectivity index (χ3n) is 4.64. The predicted octanol–water partition coefficient (Wildman–Crippen LogP) is 5.39. The molecule has 1 N–H and O–H groups in total. The minimum absolute atomic E-state index is 0.143. The number of thioether (sulfide) groups is 1. The maximum atomic E-state index is 12.4. The van der Waals surface area contributed by atoms with Gasteiger partial charge in [-0.1, -0.05) is 64.1 Å². The van der Waals surface area contributed by atoms with Crippen molar-refractivity contribution < 1.29 is 4.79 Å². The topological polar surface area (TPSA) is 85.1 Å². The Kier molecular flexibility index (Phi) is 8.00. The molecule has 4 aromatic rings. The molecule has 7 nitrogen and oxygen atoms in total. The molecule has 0 aliphatic carbocycles. The van der Waals surface area contributed by atoms with Crippen molar-refractivity contribution in [3.8, 4) is 17.1 Å². The van der Waals surface area contributed by atoms with E-state index in [2.05, 4.69) is 41.6 Å². The van der Waals surface area contributed by atoms with Crippen LogP contribution in [0.15, 0.2) is 99.4 Å². The Labute approximate surface area is 210 Å². The molecule has 1 amide bonds. The van der Waals surface area contributed by atoms with E-state index < -0.39 is 0 Å². The van der Waals surface area contributed by atoms with Gasteiger partial charge in [-0.3, -0.25) is 14.3 Å². The highest BCUT2D eigenvalue weighted by atomic mass is 79.9. The average Bonchev–Trinajstić information content (AvgIpc) is 3.28. The number of hydrogen-bond acceptors (Lipinski definition) is 6. The number of allylic oxidation sites excluding steroid dienone is 1. The summed E-state index contributed by atoms with van der Waals surface area (Å²) in [7, 11) is 0. The zero-order chi connectivity index (χ0) is 23.8. The van der Waals surface area contributed by atoms with Crippen LogP contribution in [0.1, 0.15) is 12.5 Å². The van der Waals surface area contributed by atoms with Crippen LogP contribution in [0.2, 0.25) is 0 Å². The summed E-state index contributed by atoms with van der Waals surface area (Å²) in [6.45, 7) is 1.93. The Bertz CT molecular complexity index is 1300. The Balaban J connectivity index is 1.45. The molecule has 0 bridgehead atoms. The molecule has 0 saturated carbocycles. The molecule has 0 aliphatic rings. The zero-order valence-electron chi connectivity index (χ0n) is 18.3. The van der Waals surface area contributed by atoms with E-state index in [0.717, 1.165) is 26.9 Å². The summed E-state index contributed by atoms with van der Waals surface area (Å²) < 4.78 is 2.90. The van der Waals surface area contributed by atoms with Crippen LogP contribution in [0.4, 0.5) is 0 Å². The molecule has 4 rings (SSSR count). The van der Waals surface area contributed by atoms with Gasteiger partial charge < -0.3 is 0 Å². The van der Waals surface area contributed by atoms with Gasteiger partial charge >= 0.3 is 0 Å². The van der Waals surface area contributed by atoms with E-state index in [9.17, 15) is 4.79 Å². The number of amides is 1. The number of hydrazone groups is 1. The molecular weight excluding hydrogens is 512 g/mol. The highest BCUT2D eigenvalue weighted by Gasteiger charge is 2.17. The quantitative estimate of drug-likeness (QED) is 0.187. The Morgan fingerprint density at radius 2 is 1.79 bits per heavy atom. The van der Waals surface area contributed by atoms with Crippen LogP contribution in [0.25, 0.3) is 23.2 Å². The SMILES string of the molecule is CC(C=NNC(=O)CSc1nnc(-c2ccncc2)n1-c1ccc(Br)cc1)=Cc1ccccc1. The van der Waals surface area contributed by atoms with Crippen molar-refractivity contribution in [1.29, 1.82) is 0 Å². The van der Waals surface area contributed by atoms with Gasteiger partial charge in [-0.2, -0.15) is 5.10 Å². The van der Waals surface area contributed by atoms with E-state index in [4.69, 9.17) is 0 Å². The number of pyridine rings is 1. The minimum Gasteiger partial charge on any atom is -0.272 e. The molecule has 170 valence electrons. The van der Waals surface area contributed by atoms with Gasteiger partial charge in [0.1, 0.15) is 0 Å². The fourth-order valence-electron chi connectivity index (χ4n) is 3.09. The number of nitrogens with one attached hydrogen (secondary N) is 1. The van der Waals surface area contributed by atoms with E-state index in [1.54, 1.807) is 18.6 Å². The molecule has 0 saturated heterocycles. The average molecular weight is 533 g/mol. The Hall–Kier alpha value is -3.56. The second-order valence-corrected chi connectivity index (χ2v) is 9.09. The molecule has 0 spiro atoms. The lowest BCUT2D eigenvalue weighted by Gasteiger charge is -2.10. The van der Waals surface area contributed by atoms with E-state index in [1.165, 1.54) is 11.8 Å². The molecule has 2 aromatic heterocycles. The van der Waals surface area contributed by atoms with Gasteiger partial charge in [-0.05, 0) is 54.5 Å². The predicted molar refractivity (Wildman–Crippen MR) is 140 cm³/mol. The highest BCUT2D eigenvalue weighted by molar-refractivity contribution is 9.10. The van der Waals surface area contributed by atoms with Crippen LogP contribution in [-0.4, -0.2) is 37.6 Å². The molecule has 0 aliphatic heterocycles. The number of nitrogens with zero attached hydrogens (tertiary/aromatic N) is 5. The lowest BCUT2D eigenvalue weighted by atomic mass is 10.1. The highest BCUT2D eigenvalue weighted by Crippen LogP contribution is 2.28. The van der Waals surface area contributed by atoms with Gasteiger partial charge in [0.25, 0.3) is 5.91 Å². The van der Waals surface area contributed by atoms with Crippen LogP contribution < -0.4 is 5.43 Å². The standard InChI is InChI=1S/C25H21BrN6OS/c1-18(15-19-5-3-2-4-6-19)16-28-29-23(33)17-34-25-31-30-24(20-11-13-27-14-12-20)32(25)22-9-7-21(26)8-10-22/h2-16H,17H2,1H3,(H,29,33). The van der Waals surface area contributed by atoms with Crippen LogP contribution >= 0.6 is 27.7 Å². The Morgan fingerprint density at radius 3 is 2.53 bits per heavy atom. The first-order chi connectivity index (χ1) is 16.6. The molecule has 0 fully saturated rings. The summed E-state index contributed by atoms with van der Waals surface area (Å²) in [6, 6.07) is 21.5. The number of carbonyl (C=O) groups excluding carboxylic acids is 1. The second kappa shape index (κ2) is 11.5. The molecule has 0 unspecified atom stereocenters. The smallest absolute Gasteiger partial charge is 0.250 e. The van der Waals surface area contributed by atoms with Crippen molar-refractivity contribution in [3.05, 3.63) is 94.7 Å². The summed E-state index contributed by atoms with van der Waals surface area (Å²) in [5.74, 6) is 0.584. The molecule has 34 heavy (non-hydrogen) atoms. The van der Waals surface area contributed by atoms with Gasteiger partial charge in [-0.15, -0.1) is 10.2 Å². The third-order valence-corrected chi connectivity index (χ3v) is 6.10. The number of aromatic nitrogens is 4. The summed E-state index contributed by atoms with van der Waals surface area (Å²) in [4.78, 5) is 16.5. The lowest BCUT2D eigenvalue weighted by molar-refractivity contribution is -0.118. The number of carbonyl (C=O) groups is 1. The van der Waals surface area contributed by atoms with Crippen molar-refractivity contribution in [2.75, 3.05) is 5.75 Å². The molecule has 0 radical (unpaired) electrons. The van der Waals surface area contributed by atoms with E-state index >= 15 is 0 Å². The number of halogens is 1. The normalized spacial score (nSPS) is 11.6. The summed E-state index contributed by atoms with van der Waals surface area (Å²) in [5, 5.41) is 13.4. The van der Waals surface area contributed by atoms with Crippen molar-refractivity contribution in [2.45, 2.75) is 12.1 Å².